The van der Waals surface area contributed by atoms with Gasteiger partial charge < -0.3 is 14.1 Å². The average molecular weight is 535 g/mol. The van der Waals surface area contributed by atoms with E-state index in [2.05, 4.69) is 0 Å². The van der Waals surface area contributed by atoms with Crippen LogP contribution in [0.5, 0.6) is 0 Å². The molecule has 1 aromatic heterocycles. The summed E-state index contributed by atoms with van der Waals surface area (Å²) in [5.41, 5.74) is 0.708. The summed E-state index contributed by atoms with van der Waals surface area (Å²) in [7, 11) is -4.01. The van der Waals surface area contributed by atoms with Crippen molar-refractivity contribution < 1.29 is 26.8 Å². The van der Waals surface area contributed by atoms with Crippen LogP contribution < -0.4 is 0 Å². The quantitative estimate of drug-likeness (QED) is 0.374. The predicted molar refractivity (Wildman–Crippen MR) is 133 cm³/mol. The maximum Gasteiger partial charge on any atom is 0.243 e. The van der Waals surface area contributed by atoms with Crippen molar-refractivity contribution in [1.29, 1.82) is 0 Å². The highest BCUT2D eigenvalue weighted by Crippen LogP contribution is 2.23. The van der Waals surface area contributed by atoms with Gasteiger partial charge in [0.25, 0.3) is 0 Å². The van der Waals surface area contributed by atoms with Gasteiger partial charge in [0.15, 0.2) is 0 Å². The molecule has 3 aromatic rings. The number of halogens is 2. The van der Waals surface area contributed by atoms with Gasteiger partial charge in [0.05, 0.1) is 24.1 Å². The number of rotatable bonds is 10. The topological polar surface area (TPSA) is 80.1 Å². The van der Waals surface area contributed by atoms with Crippen LogP contribution in [0, 0.1) is 12.7 Å². The van der Waals surface area contributed by atoms with Crippen molar-refractivity contribution in [3.8, 4) is 0 Å². The summed E-state index contributed by atoms with van der Waals surface area (Å²) in [6, 6.07) is 15.3. The smallest absolute Gasteiger partial charge is 0.243 e. The van der Waals surface area contributed by atoms with Crippen molar-refractivity contribution in [3.05, 3.63) is 88.6 Å². The summed E-state index contributed by atoms with van der Waals surface area (Å²) < 4.78 is 53.0. The molecular formula is C26H28ClFN2O5S. The van der Waals surface area contributed by atoms with Crippen molar-refractivity contribution in [2.45, 2.75) is 43.9 Å². The third-order valence-corrected chi connectivity index (χ3v) is 8.05. The Kier molecular flexibility index (Phi) is 8.46. The zero-order valence-corrected chi connectivity index (χ0v) is 21.5. The van der Waals surface area contributed by atoms with Crippen molar-refractivity contribution in [2.24, 2.45) is 0 Å². The molecular weight excluding hydrogens is 507 g/mol. The van der Waals surface area contributed by atoms with Gasteiger partial charge in [-0.05, 0) is 73.9 Å². The summed E-state index contributed by atoms with van der Waals surface area (Å²) in [5, 5.41) is 0.412. The van der Waals surface area contributed by atoms with Crippen LogP contribution in [0.1, 0.15) is 29.9 Å². The monoisotopic (exact) mass is 534 g/mol. The first-order chi connectivity index (χ1) is 17.2. The second kappa shape index (κ2) is 11.6. The van der Waals surface area contributed by atoms with Crippen LogP contribution >= 0.6 is 11.6 Å². The van der Waals surface area contributed by atoms with Gasteiger partial charge in [-0.1, -0.05) is 23.7 Å². The fraction of sp³-hybridized carbons (Fsp3) is 0.346. The molecule has 192 valence electrons. The molecule has 7 nitrogen and oxygen atoms in total. The molecule has 36 heavy (non-hydrogen) atoms. The number of nitrogens with zero attached hydrogens (tertiary/aromatic N) is 2. The lowest BCUT2D eigenvalue weighted by Crippen LogP contribution is -2.45. The van der Waals surface area contributed by atoms with Gasteiger partial charge in [0, 0.05) is 24.7 Å². The Balaban J connectivity index is 1.60. The second-order valence-electron chi connectivity index (χ2n) is 8.78. The van der Waals surface area contributed by atoms with Crippen LogP contribution in [-0.4, -0.2) is 49.3 Å². The van der Waals surface area contributed by atoms with Gasteiger partial charge in [-0.15, -0.1) is 0 Å². The predicted octanol–water partition coefficient (Wildman–Crippen LogP) is 4.78. The van der Waals surface area contributed by atoms with E-state index in [1.807, 2.05) is 0 Å². The van der Waals surface area contributed by atoms with Gasteiger partial charge in [0.1, 0.15) is 17.3 Å². The highest BCUT2D eigenvalue weighted by molar-refractivity contribution is 7.89. The molecule has 1 fully saturated rings. The third kappa shape index (κ3) is 6.73. The van der Waals surface area contributed by atoms with E-state index in [4.69, 9.17) is 20.8 Å². The molecule has 1 atom stereocenters. The van der Waals surface area contributed by atoms with E-state index in [0.29, 0.717) is 35.1 Å². The van der Waals surface area contributed by atoms with E-state index in [1.165, 1.54) is 45.6 Å². The van der Waals surface area contributed by atoms with Crippen LogP contribution in [0.2, 0.25) is 5.02 Å². The number of hydrogen-bond donors (Lipinski definition) is 0. The molecule has 2 heterocycles. The second-order valence-corrected chi connectivity index (χ2v) is 11.1. The lowest BCUT2D eigenvalue weighted by atomic mass is 10.2. The van der Waals surface area contributed by atoms with E-state index < -0.39 is 15.9 Å². The number of hydrogen-bond acceptors (Lipinski definition) is 5. The molecule has 4 rings (SSSR count). The van der Waals surface area contributed by atoms with Crippen LogP contribution in [-0.2, 0) is 32.6 Å². The largest absolute Gasteiger partial charge is 0.464 e. The molecule has 2 aromatic carbocycles. The van der Waals surface area contributed by atoms with Gasteiger partial charge in [-0.25, -0.2) is 12.8 Å². The Hall–Kier alpha value is -2.72. The summed E-state index contributed by atoms with van der Waals surface area (Å²) in [4.78, 5) is 15.1. The van der Waals surface area contributed by atoms with Crippen molar-refractivity contribution >= 4 is 27.5 Å². The first-order valence-electron chi connectivity index (χ1n) is 11.7. The van der Waals surface area contributed by atoms with E-state index in [1.54, 1.807) is 31.2 Å². The minimum absolute atomic E-state index is 0.0458. The average Bonchev–Trinajstić information content (AvgIpc) is 3.51. The number of carbonyl (C=O) groups is 1. The molecule has 0 spiro atoms. The van der Waals surface area contributed by atoms with E-state index in [0.717, 1.165) is 6.42 Å². The van der Waals surface area contributed by atoms with Gasteiger partial charge in [0.2, 0.25) is 15.9 Å². The maximum absolute atomic E-state index is 13.6. The number of carbonyl (C=O) groups excluding carboxylic acids is 1. The maximum atomic E-state index is 13.6. The number of aryl methyl sites for hydroxylation is 1. The highest BCUT2D eigenvalue weighted by Gasteiger charge is 2.32. The normalized spacial score (nSPS) is 15.9. The molecule has 1 saturated heterocycles. The standard InChI is InChI=1S/C26H28ClFN2O5S/c1-19-4-11-24(35-19)16-29(15-20-5-9-22(28)10-6-20)26(31)18-30(17-23-3-2-14-34-23)36(32,33)25-12-7-21(27)8-13-25/h4-13,23H,2-3,14-18H2,1H3. The summed E-state index contributed by atoms with van der Waals surface area (Å²) >= 11 is 5.95. The highest BCUT2D eigenvalue weighted by atomic mass is 35.5. The van der Waals surface area contributed by atoms with E-state index in [9.17, 15) is 17.6 Å². The van der Waals surface area contributed by atoms with Gasteiger partial charge in [-0.3, -0.25) is 4.79 Å². The Morgan fingerprint density at radius 3 is 2.39 bits per heavy atom. The summed E-state index contributed by atoms with van der Waals surface area (Å²) in [6.45, 7) is 2.33. The van der Waals surface area contributed by atoms with Crippen molar-refractivity contribution in [3.63, 3.8) is 0 Å². The summed E-state index contributed by atoms with van der Waals surface area (Å²) in [5.74, 6) is 0.470. The Morgan fingerprint density at radius 1 is 1.06 bits per heavy atom. The molecule has 0 bridgehead atoms. The molecule has 0 saturated carbocycles. The molecule has 0 radical (unpaired) electrons. The van der Waals surface area contributed by atoms with Crippen LogP contribution in [0.4, 0.5) is 4.39 Å². The Bertz CT molecular complexity index is 1270. The minimum Gasteiger partial charge on any atom is -0.464 e. The first-order valence-corrected chi connectivity index (χ1v) is 13.5. The molecule has 0 N–H and O–H groups in total. The van der Waals surface area contributed by atoms with Gasteiger partial charge in [-0.2, -0.15) is 4.31 Å². The van der Waals surface area contributed by atoms with Crippen LogP contribution in [0.15, 0.2) is 70.0 Å². The van der Waals surface area contributed by atoms with Crippen molar-refractivity contribution in [1.82, 2.24) is 9.21 Å². The number of furan rings is 1. The number of sulfonamides is 1. The number of ether oxygens (including phenoxy) is 1. The third-order valence-electron chi connectivity index (χ3n) is 5.98. The fourth-order valence-corrected chi connectivity index (χ4v) is 5.62. The van der Waals surface area contributed by atoms with E-state index >= 15 is 0 Å². The molecule has 10 heteroatoms. The molecule has 1 aliphatic rings. The zero-order chi connectivity index (χ0) is 25.7. The van der Waals surface area contributed by atoms with E-state index in [-0.39, 0.29) is 43.0 Å². The van der Waals surface area contributed by atoms with Crippen LogP contribution in [0.25, 0.3) is 0 Å². The van der Waals surface area contributed by atoms with Crippen molar-refractivity contribution in [2.75, 3.05) is 19.7 Å². The van der Waals surface area contributed by atoms with Gasteiger partial charge >= 0.3 is 0 Å². The Labute approximate surface area is 215 Å². The molecule has 1 aliphatic heterocycles. The molecule has 1 amide bonds. The SMILES string of the molecule is Cc1ccc(CN(Cc2ccc(F)cc2)C(=O)CN(CC2CCCO2)S(=O)(=O)c2ccc(Cl)cc2)o1. The number of benzene rings is 2. The minimum atomic E-state index is -4.01. The lowest BCUT2D eigenvalue weighted by molar-refractivity contribution is -0.133. The first kappa shape index (κ1) is 26.3. The lowest BCUT2D eigenvalue weighted by Gasteiger charge is -2.28. The fourth-order valence-electron chi connectivity index (χ4n) is 4.07. The Morgan fingerprint density at radius 2 is 1.78 bits per heavy atom. The molecule has 0 aliphatic carbocycles. The zero-order valence-electron chi connectivity index (χ0n) is 19.9. The number of amides is 1. The van der Waals surface area contributed by atoms with Crippen LogP contribution in [0.3, 0.4) is 0 Å². The molecule has 1 unspecified atom stereocenters. The summed E-state index contributed by atoms with van der Waals surface area (Å²) in [6.07, 6.45) is 1.26.